The number of aryl methyl sites for hydroxylation is 1. The first-order valence-electron chi connectivity index (χ1n) is 9.59. The second kappa shape index (κ2) is 9.38. The first-order valence-corrected chi connectivity index (χ1v) is 11.0. The molecule has 1 amide bonds. The van der Waals surface area contributed by atoms with E-state index in [4.69, 9.17) is 4.42 Å². The Kier molecular flexibility index (Phi) is 7.42. The van der Waals surface area contributed by atoms with Gasteiger partial charge in [-0.05, 0) is 45.7 Å². The smallest absolute Gasteiger partial charge is 0.246 e. The van der Waals surface area contributed by atoms with Crippen LogP contribution in [-0.2, 0) is 21.4 Å². The quantitative estimate of drug-likeness (QED) is 0.649. The number of sulfonamides is 1. The number of amides is 1. The zero-order valence-electron chi connectivity index (χ0n) is 17.2. The fourth-order valence-electron chi connectivity index (χ4n) is 3.22. The molecule has 1 unspecified atom stereocenters. The van der Waals surface area contributed by atoms with Crippen LogP contribution in [0.15, 0.2) is 27.7 Å². The number of rotatable bonds is 10. The van der Waals surface area contributed by atoms with E-state index in [1.165, 1.54) is 8.99 Å². The Bertz CT molecular complexity index is 881. The van der Waals surface area contributed by atoms with Crippen LogP contribution in [0.5, 0.6) is 0 Å². The molecule has 0 bridgehead atoms. The Labute approximate surface area is 167 Å². The first-order chi connectivity index (χ1) is 13.2. The average Bonchev–Trinajstić information content (AvgIpc) is 3.23. The van der Waals surface area contributed by atoms with Gasteiger partial charge >= 0.3 is 0 Å². The van der Waals surface area contributed by atoms with Crippen LogP contribution in [0, 0.1) is 13.8 Å². The van der Waals surface area contributed by atoms with E-state index >= 15 is 0 Å². The van der Waals surface area contributed by atoms with Gasteiger partial charge in [-0.3, -0.25) is 9.48 Å². The fraction of sp³-hybridized carbons (Fsp3) is 0.579. The molecule has 0 fully saturated rings. The Morgan fingerprint density at radius 2 is 1.93 bits per heavy atom. The third-order valence-electron chi connectivity index (χ3n) is 4.50. The van der Waals surface area contributed by atoms with Crippen molar-refractivity contribution in [2.75, 3.05) is 13.1 Å². The van der Waals surface area contributed by atoms with Crippen LogP contribution in [0.25, 0.3) is 0 Å². The fourth-order valence-corrected chi connectivity index (χ4v) is 5.22. The number of hydrogen-bond acceptors (Lipinski definition) is 5. The molecule has 1 N–H and O–H groups in total. The van der Waals surface area contributed by atoms with Crippen LogP contribution in [0.3, 0.4) is 0 Å². The highest BCUT2D eigenvalue weighted by Crippen LogP contribution is 2.24. The van der Waals surface area contributed by atoms with Gasteiger partial charge in [0.15, 0.2) is 0 Å². The maximum Gasteiger partial charge on any atom is 0.246 e. The van der Waals surface area contributed by atoms with E-state index in [2.05, 4.69) is 10.4 Å². The molecule has 0 radical (unpaired) electrons. The van der Waals surface area contributed by atoms with Gasteiger partial charge in [0.2, 0.25) is 15.9 Å². The van der Waals surface area contributed by atoms with Gasteiger partial charge < -0.3 is 9.73 Å². The molecule has 0 aromatic carbocycles. The molecule has 156 valence electrons. The van der Waals surface area contributed by atoms with Gasteiger partial charge in [-0.15, -0.1) is 0 Å². The molecule has 0 saturated carbocycles. The lowest BCUT2D eigenvalue weighted by molar-refractivity contribution is -0.122. The third-order valence-corrected chi connectivity index (χ3v) is 6.65. The predicted octanol–water partition coefficient (Wildman–Crippen LogP) is 2.78. The monoisotopic (exact) mass is 410 g/mol. The number of furan rings is 1. The number of nitrogens with one attached hydrogen (secondary N) is 1. The van der Waals surface area contributed by atoms with Crippen molar-refractivity contribution in [2.45, 2.75) is 64.9 Å². The average molecular weight is 411 g/mol. The lowest BCUT2D eigenvalue weighted by atomic mass is 10.2. The molecule has 0 saturated heterocycles. The minimum atomic E-state index is -3.66. The molecule has 0 aliphatic heterocycles. The highest BCUT2D eigenvalue weighted by atomic mass is 32.2. The number of nitrogens with zero attached hydrogens (tertiary/aromatic N) is 3. The van der Waals surface area contributed by atoms with E-state index in [-0.39, 0.29) is 23.4 Å². The van der Waals surface area contributed by atoms with Crippen LogP contribution in [0.1, 0.15) is 56.8 Å². The van der Waals surface area contributed by atoms with Gasteiger partial charge in [0.25, 0.3) is 0 Å². The van der Waals surface area contributed by atoms with E-state index in [1.807, 2.05) is 20.8 Å². The highest BCUT2D eigenvalue weighted by molar-refractivity contribution is 7.89. The molecule has 28 heavy (non-hydrogen) atoms. The van der Waals surface area contributed by atoms with Crippen molar-refractivity contribution in [2.24, 2.45) is 0 Å². The van der Waals surface area contributed by atoms with Gasteiger partial charge in [0.05, 0.1) is 23.7 Å². The normalized spacial score (nSPS) is 13.1. The van der Waals surface area contributed by atoms with Crippen molar-refractivity contribution in [3.05, 3.63) is 35.5 Å². The summed E-state index contributed by atoms with van der Waals surface area (Å²) in [6, 6.07) is 3.26. The van der Waals surface area contributed by atoms with Crippen LogP contribution in [0.4, 0.5) is 0 Å². The minimum absolute atomic E-state index is 0.0607. The summed E-state index contributed by atoms with van der Waals surface area (Å²) in [7, 11) is -3.66. The van der Waals surface area contributed by atoms with E-state index < -0.39 is 10.0 Å². The summed E-state index contributed by atoms with van der Waals surface area (Å²) in [5.41, 5.74) is 0.872. The number of aromatic nitrogens is 2. The summed E-state index contributed by atoms with van der Waals surface area (Å²) in [4.78, 5) is 12.6. The summed E-state index contributed by atoms with van der Waals surface area (Å²) in [6.45, 7) is 9.93. The lowest BCUT2D eigenvalue weighted by Crippen LogP contribution is -2.33. The molecule has 2 aromatic heterocycles. The van der Waals surface area contributed by atoms with Crippen LogP contribution in [-0.4, -0.2) is 41.5 Å². The third kappa shape index (κ3) is 4.82. The number of carbonyl (C=O) groups excluding carboxylic acids is 1. The van der Waals surface area contributed by atoms with Crippen molar-refractivity contribution in [3.63, 3.8) is 0 Å². The van der Waals surface area contributed by atoms with Crippen molar-refractivity contribution in [1.82, 2.24) is 19.4 Å². The predicted molar refractivity (Wildman–Crippen MR) is 106 cm³/mol. The second-order valence-electron chi connectivity index (χ2n) is 6.87. The Morgan fingerprint density at radius 3 is 2.46 bits per heavy atom. The molecule has 2 heterocycles. The number of hydrogen-bond donors (Lipinski definition) is 1. The van der Waals surface area contributed by atoms with Crippen LogP contribution < -0.4 is 5.32 Å². The molecule has 0 spiro atoms. The minimum Gasteiger partial charge on any atom is -0.467 e. The Morgan fingerprint density at radius 1 is 1.29 bits per heavy atom. The van der Waals surface area contributed by atoms with Gasteiger partial charge in [0, 0.05) is 13.1 Å². The van der Waals surface area contributed by atoms with Crippen LogP contribution in [0.2, 0.25) is 0 Å². The van der Waals surface area contributed by atoms with E-state index in [9.17, 15) is 13.2 Å². The SMILES string of the molecule is CCCN(CCC)S(=O)(=O)c1c(C)nn(CC(=O)NC(C)c2ccco2)c1C. The molecular formula is C19H30N4O4S. The molecule has 9 heteroatoms. The summed E-state index contributed by atoms with van der Waals surface area (Å²) in [6.07, 6.45) is 3.02. The summed E-state index contributed by atoms with van der Waals surface area (Å²) < 4.78 is 34.5. The molecule has 1 atom stereocenters. The van der Waals surface area contributed by atoms with Crippen molar-refractivity contribution in [1.29, 1.82) is 0 Å². The summed E-state index contributed by atoms with van der Waals surface area (Å²) in [5.74, 6) is 0.386. The molecular weight excluding hydrogens is 380 g/mol. The van der Waals surface area contributed by atoms with Gasteiger partial charge in [-0.25, -0.2) is 8.42 Å². The van der Waals surface area contributed by atoms with Gasteiger partial charge in [0.1, 0.15) is 17.2 Å². The van der Waals surface area contributed by atoms with Crippen molar-refractivity contribution in [3.8, 4) is 0 Å². The zero-order valence-corrected chi connectivity index (χ0v) is 18.0. The summed E-state index contributed by atoms with van der Waals surface area (Å²) in [5, 5.41) is 7.15. The van der Waals surface area contributed by atoms with Crippen molar-refractivity contribution < 1.29 is 17.6 Å². The van der Waals surface area contributed by atoms with Gasteiger partial charge in [-0.1, -0.05) is 13.8 Å². The van der Waals surface area contributed by atoms with E-state index in [1.54, 1.807) is 32.2 Å². The molecule has 2 rings (SSSR count). The summed E-state index contributed by atoms with van der Waals surface area (Å²) >= 11 is 0. The topological polar surface area (TPSA) is 97.4 Å². The number of carbonyl (C=O) groups is 1. The lowest BCUT2D eigenvalue weighted by Gasteiger charge is -2.21. The molecule has 0 aliphatic rings. The van der Waals surface area contributed by atoms with E-state index in [0.717, 1.165) is 12.8 Å². The van der Waals surface area contributed by atoms with Crippen LogP contribution >= 0.6 is 0 Å². The van der Waals surface area contributed by atoms with Crippen molar-refractivity contribution >= 4 is 15.9 Å². The second-order valence-corrected chi connectivity index (χ2v) is 8.74. The highest BCUT2D eigenvalue weighted by Gasteiger charge is 2.30. The van der Waals surface area contributed by atoms with E-state index in [0.29, 0.717) is 30.2 Å². The maximum atomic E-state index is 13.1. The Hall–Kier alpha value is -2.13. The molecule has 8 nitrogen and oxygen atoms in total. The zero-order chi connectivity index (χ0) is 20.9. The largest absolute Gasteiger partial charge is 0.467 e. The Balaban J connectivity index is 2.21. The van der Waals surface area contributed by atoms with Gasteiger partial charge in [-0.2, -0.15) is 9.40 Å². The first kappa shape index (κ1) is 22.2. The maximum absolute atomic E-state index is 13.1. The molecule has 0 aliphatic carbocycles. The molecule has 2 aromatic rings. The standard InChI is InChI=1S/C19H30N4O4S/c1-6-10-22(11-7-2)28(25,26)19-15(4)21-23(16(19)5)13-18(24)20-14(3)17-9-8-12-27-17/h8-9,12,14H,6-7,10-11,13H2,1-5H3,(H,20,24).